The number of hydrogen-bond donors (Lipinski definition) is 1. The van der Waals surface area contributed by atoms with Gasteiger partial charge in [-0.05, 0) is 23.8 Å². The molecule has 2 aromatic rings. The zero-order chi connectivity index (χ0) is 18.4. The number of carbonyl (C=O) groups excluding carboxylic acids is 1. The molecule has 26 heavy (non-hydrogen) atoms. The molecule has 6 heteroatoms. The van der Waals surface area contributed by atoms with Gasteiger partial charge in [0.05, 0.1) is 27.4 Å². The van der Waals surface area contributed by atoms with E-state index in [9.17, 15) is 4.79 Å². The summed E-state index contributed by atoms with van der Waals surface area (Å²) in [4.78, 5) is 14.9. The molecule has 1 amide bonds. The van der Waals surface area contributed by atoms with Crippen LogP contribution in [0.15, 0.2) is 42.5 Å². The molecule has 6 nitrogen and oxygen atoms in total. The molecule has 2 aromatic carbocycles. The van der Waals surface area contributed by atoms with Crippen molar-refractivity contribution in [2.45, 2.75) is 6.54 Å². The topological polar surface area (TPSA) is 60.0 Å². The van der Waals surface area contributed by atoms with Crippen molar-refractivity contribution >= 4 is 11.6 Å². The van der Waals surface area contributed by atoms with Gasteiger partial charge in [0.1, 0.15) is 11.5 Å². The van der Waals surface area contributed by atoms with E-state index in [0.29, 0.717) is 23.6 Å². The molecule has 1 saturated heterocycles. The van der Waals surface area contributed by atoms with Crippen molar-refractivity contribution in [2.24, 2.45) is 0 Å². The minimum atomic E-state index is -0.168. The van der Waals surface area contributed by atoms with Gasteiger partial charge < -0.3 is 24.4 Å². The van der Waals surface area contributed by atoms with Gasteiger partial charge in [-0.2, -0.15) is 0 Å². The quantitative estimate of drug-likeness (QED) is 0.862. The van der Waals surface area contributed by atoms with Crippen LogP contribution in [0.5, 0.6) is 11.5 Å². The molecule has 0 aromatic heterocycles. The molecule has 0 bridgehead atoms. The molecular formula is C20H24N2O4. The fourth-order valence-corrected chi connectivity index (χ4v) is 2.99. The first kappa shape index (κ1) is 18.1. The maximum atomic E-state index is 12.6. The highest BCUT2D eigenvalue weighted by Crippen LogP contribution is 2.24. The van der Waals surface area contributed by atoms with E-state index >= 15 is 0 Å². The third kappa shape index (κ3) is 4.26. The number of amides is 1. The van der Waals surface area contributed by atoms with Crippen molar-refractivity contribution in [1.29, 1.82) is 0 Å². The summed E-state index contributed by atoms with van der Waals surface area (Å²) in [6, 6.07) is 13.3. The molecule has 0 atom stereocenters. The van der Waals surface area contributed by atoms with E-state index in [1.54, 1.807) is 32.4 Å². The highest BCUT2D eigenvalue weighted by molar-refractivity contribution is 5.95. The molecule has 1 aliphatic heterocycles. The summed E-state index contributed by atoms with van der Waals surface area (Å²) in [6.45, 7) is 3.62. The summed E-state index contributed by atoms with van der Waals surface area (Å²) in [5, 5.41) is 2.99. The van der Waals surface area contributed by atoms with Crippen LogP contribution in [0.4, 0.5) is 5.69 Å². The lowest BCUT2D eigenvalue weighted by Gasteiger charge is -2.30. The summed E-state index contributed by atoms with van der Waals surface area (Å²) in [5.41, 5.74) is 2.72. The van der Waals surface area contributed by atoms with E-state index < -0.39 is 0 Å². The molecule has 1 N–H and O–H groups in total. The largest absolute Gasteiger partial charge is 0.497 e. The van der Waals surface area contributed by atoms with Crippen molar-refractivity contribution in [3.05, 3.63) is 53.6 Å². The smallest absolute Gasteiger partial charge is 0.251 e. The molecule has 1 fully saturated rings. The lowest BCUT2D eigenvalue weighted by atomic mass is 10.1. The van der Waals surface area contributed by atoms with E-state index in [0.717, 1.165) is 37.6 Å². The first-order valence-corrected chi connectivity index (χ1v) is 8.63. The van der Waals surface area contributed by atoms with Crippen LogP contribution in [0.2, 0.25) is 0 Å². The Labute approximate surface area is 153 Å². The number of ether oxygens (including phenoxy) is 3. The van der Waals surface area contributed by atoms with Crippen LogP contribution in [0, 0.1) is 0 Å². The molecule has 0 spiro atoms. The van der Waals surface area contributed by atoms with Crippen molar-refractivity contribution in [3.63, 3.8) is 0 Å². The number of anilines is 1. The number of rotatable bonds is 6. The van der Waals surface area contributed by atoms with Crippen molar-refractivity contribution in [1.82, 2.24) is 5.32 Å². The van der Waals surface area contributed by atoms with Gasteiger partial charge in [0.15, 0.2) is 0 Å². The van der Waals surface area contributed by atoms with Gasteiger partial charge >= 0.3 is 0 Å². The Balaban J connectivity index is 1.72. The number of benzene rings is 2. The third-order valence-corrected chi connectivity index (χ3v) is 4.40. The second kappa shape index (κ2) is 8.58. The summed E-state index contributed by atoms with van der Waals surface area (Å²) in [5.74, 6) is 1.01. The summed E-state index contributed by atoms with van der Waals surface area (Å²) in [7, 11) is 3.13. The second-order valence-corrected chi connectivity index (χ2v) is 6.01. The Morgan fingerprint density at radius 3 is 2.38 bits per heavy atom. The highest BCUT2D eigenvalue weighted by atomic mass is 16.5. The number of nitrogens with zero attached hydrogens (tertiary/aromatic N) is 1. The fourth-order valence-electron chi connectivity index (χ4n) is 2.99. The Bertz CT molecular complexity index is 735. The summed E-state index contributed by atoms with van der Waals surface area (Å²) in [6.07, 6.45) is 0. The maximum absolute atomic E-state index is 12.6. The number of morpholine rings is 1. The van der Waals surface area contributed by atoms with Gasteiger partial charge in [0.2, 0.25) is 0 Å². The number of carbonyl (C=O) groups is 1. The highest BCUT2D eigenvalue weighted by Gasteiger charge is 2.15. The lowest BCUT2D eigenvalue weighted by molar-refractivity contribution is 0.0950. The Kier molecular flexibility index (Phi) is 5.96. The van der Waals surface area contributed by atoms with Crippen molar-refractivity contribution in [2.75, 3.05) is 45.4 Å². The van der Waals surface area contributed by atoms with Crippen LogP contribution >= 0.6 is 0 Å². The molecule has 0 aliphatic carbocycles. The van der Waals surface area contributed by atoms with Gasteiger partial charge in [0, 0.05) is 37.0 Å². The average Bonchev–Trinajstić information content (AvgIpc) is 2.72. The van der Waals surface area contributed by atoms with Gasteiger partial charge in [0.25, 0.3) is 5.91 Å². The van der Waals surface area contributed by atoms with E-state index in [2.05, 4.69) is 16.3 Å². The minimum absolute atomic E-state index is 0.168. The Morgan fingerprint density at radius 1 is 1.08 bits per heavy atom. The second-order valence-electron chi connectivity index (χ2n) is 6.01. The zero-order valence-electron chi connectivity index (χ0n) is 15.2. The Hall–Kier alpha value is -2.73. The summed E-state index contributed by atoms with van der Waals surface area (Å²) < 4.78 is 15.9. The molecule has 0 saturated carbocycles. The van der Waals surface area contributed by atoms with Gasteiger partial charge in [-0.25, -0.2) is 0 Å². The predicted octanol–water partition coefficient (Wildman–Crippen LogP) is 2.47. The van der Waals surface area contributed by atoms with Crippen molar-refractivity contribution in [3.8, 4) is 11.5 Å². The van der Waals surface area contributed by atoms with Crippen LogP contribution < -0.4 is 19.7 Å². The normalized spacial score (nSPS) is 14.0. The fraction of sp³-hybridized carbons (Fsp3) is 0.350. The van der Waals surface area contributed by atoms with Crippen LogP contribution in [0.1, 0.15) is 15.9 Å². The number of hydrogen-bond acceptors (Lipinski definition) is 5. The Morgan fingerprint density at radius 2 is 1.73 bits per heavy atom. The summed E-state index contributed by atoms with van der Waals surface area (Å²) >= 11 is 0. The number of para-hydroxylation sites is 1. The number of nitrogens with one attached hydrogen (secondary N) is 1. The van der Waals surface area contributed by atoms with Gasteiger partial charge in [-0.1, -0.05) is 18.2 Å². The minimum Gasteiger partial charge on any atom is -0.497 e. The molecule has 138 valence electrons. The first-order chi connectivity index (χ1) is 12.7. The van der Waals surface area contributed by atoms with E-state index in [1.807, 2.05) is 18.2 Å². The molecular weight excluding hydrogens is 332 g/mol. The van der Waals surface area contributed by atoms with E-state index in [1.165, 1.54) is 0 Å². The van der Waals surface area contributed by atoms with Crippen LogP contribution in [0.25, 0.3) is 0 Å². The standard InChI is InChI=1S/C20H24N2O4/c1-24-17-11-16(12-18(13-17)25-2)20(23)21-14-15-5-3-4-6-19(15)22-7-9-26-10-8-22/h3-6,11-13H,7-10,14H2,1-2H3,(H,21,23). The molecule has 0 unspecified atom stereocenters. The molecule has 0 radical (unpaired) electrons. The predicted molar refractivity (Wildman–Crippen MR) is 100 cm³/mol. The molecule has 1 heterocycles. The molecule has 3 rings (SSSR count). The first-order valence-electron chi connectivity index (χ1n) is 8.63. The van der Waals surface area contributed by atoms with Gasteiger partial charge in [-0.15, -0.1) is 0 Å². The van der Waals surface area contributed by atoms with Crippen LogP contribution in [-0.2, 0) is 11.3 Å². The van der Waals surface area contributed by atoms with Crippen LogP contribution in [-0.4, -0.2) is 46.4 Å². The van der Waals surface area contributed by atoms with Crippen LogP contribution in [0.3, 0.4) is 0 Å². The lowest BCUT2D eigenvalue weighted by Crippen LogP contribution is -2.37. The van der Waals surface area contributed by atoms with Crippen molar-refractivity contribution < 1.29 is 19.0 Å². The SMILES string of the molecule is COc1cc(OC)cc(C(=O)NCc2ccccc2N2CCOCC2)c1. The average molecular weight is 356 g/mol. The van der Waals surface area contributed by atoms with E-state index in [4.69, 9.17) is 14.2 Å². The zero-order valence-corrected chi connectivity index (χ0v) is 15.2. The molecule has 1 aliphatic rings. The number of methoxy groups -OCH3 is 2. The van der Waals surface area contributed by atoms with E-state index in [-0.39, 0.29) is 5.91 Å². The maximum Gasteiger partial charge on any atom is 0.251 e. The third-order valence-electron chi connectivity index (χ3n) is 4.40. The van der Waals surface area contributed by atoms with Gasteiger partial charge in [-0.3, -0.25) is 4.79 Å². The monoisotopic (exact) mass is 356 g/mol.